The van der Waals surface area contributed by atoms with Gasteiger partial charge in [-0.25, -0.2) is 9.18 Å². The molecule has 0 aliphatic heterocycles. The highest BCUT2D eigenvalue weighted by molar-refractivity contribution is 9.10. The number of benzene rings is 2. The minimum absolute atomic E-state index is 0.0663. The van der Waals surface area contributed by atoms with Crippen molar-refractivity contribution in [2.75, 3.05) is 6.61 Å². The van der Waals surface area contributed by atoms with E-state index in [2.05, 4.69) is 21.2 Å². The third-order valence-electron chi connectivity index (χ3n) is 3.14. The lowest BCUT2D eigenvalue weighted by atomic mass is 10.1. The summed E-state index contributed by atoms with van der Waals surface area (Å²) < 4.78 is 18.8. The lowest BCUT2D eigenvalue weighted by Crippen LogP contribution is -2.31. The monoisotopic (exact) mass is 379 g/mol. The zero-order valence-corrected chi connectivity index (χ0v) is 14.0. The molecule has 23 heavy (non-hydrogen) atoms. The molecule has 0 fully saturated rings. The summed E-state index contributed by atoms with van der Waals surface area (Å²) in [7, 11) is 0. The predicted octanol–water partition coefficient (Wildman–Crippen LogP) is 3.62. The van der Waals surface area contributed by atoms with Crippen molar-refractivity contribution in [3.8, 4) is 0 Å². The van der Waals surface area contributed by atoms with Crippen LogP contribution in [0, 0.1) is 5.82 Å². The van der Waals surface area contributed by atoms with Crippen LogP contribution in [-0.2, 0) is 9.53 Å². The highest BCUT2D eigenvalue weighted by Gasteiger charge is 2.14. The van der Waals surface area contributed by atoms with Crippen molar-refractivity contribution in [1.82, 2.24) is 5.32 Å². The van der Waals surface area contributed by atoms with Gasteiger partial charge in [0.1, 0.15) is 5.82 Å². The van der Waals surface area contributed by atoms with Crippen LogP contribution in [0.15, 0.2) is 53.0 Å². The molecule has 120 valence electrons. The largest absolute Gasteiger partial charge is 0.452 e. The van der Waals surface area contributed by atoms with E-state index in [1.54, 1.807) is 0 Å². The minimum Gasteiger partial charge on any atom is -0.452 e. The van der Waals surface area contributed by atoms with E-state index in [1.807, 2.05) is 31.2 Å². The van der Waals surface area contributed by atoms with Gasteiger partial charge < -0.3 is 10.1 Å². The summed E-state index contributed by atoms with van der Waals surface area (Å²) in [6.07, 6.45) is 0. The first kappa shape index (κ1) is 17.1. The normalized spacial score (nSPS) is 11.6. The Labute approximate surface area is 141 Å². The standard InChI is InChI=1S/C17H15BrFNO3/c1-11(14-7-2-3-8-15(14)18)20-16(21)10-23-17(22)12-5-4-6-13(19)9-12/h2-9,11H,10H2,1H3,(H,20,21)/t11-/m0/s1. The van der Waals surface area contributed by atoms with Gasteiger partial charge in [0, 0.05) is 4.47 Å². The highest BCUT2D eigenvalue weighted by atomic mass is 79.9. The van der Waals surface area contributed by atoms with Crippen LogP contribution in [0.25, 0.3) is 0 Å². The second kappa shape index (κ2) is 7.87. The molecule has 1 amide bonds. The van der Waals surface area contributed by atoms with Crippen LogP contribution in [0.1, 0.15) is 28.9 Å². The van der Waals surface area contributed by atoms with Crippen molar-refractivity contribution in [2.45, 2.75) is 13.0 Å². The number of hydrogen-bond acceptors (Lipinski definition) is 3. The molecule has 2 aromatic carbocycles. The summed E-state index contributed by atoms with van der Waals surface area (Å²) in [4.78, 5) is 23.6. The van der Waals surface area contributed by atoms with Crippen LogP contribution in [-0.4, -0.2) is 18.5 Å². The number of ether oxygens (including phenoxy) is 1. The number of carbonyl (C=O) groups excluding carboxylic acids is 2. The summed E-state index contributed by atoms with van der Waals surface area (Å²) in [5, 5.41) is 2.73. The number of esters is 1. The smallest absolute Gasteiger partial charge is 0.338 e. The van der Waals surface area contributed by atoms with Gasteiger partial charge in [-0.2, -0.15) is 0 Å². The average Bonchev–Trinajstić information content (AvgIpc) is 2.53. The first-order valence-corrected chi connectivity index (χ1v) is 7.73. The lowest BCUT2D eigenvalue weighted by molar-refractivity contribution is -0.124. The Hall–Kier alpha value is -2.21. The highest BCUT2D eigenvalue weighted by Crippen LogP contribution is 2.22. The second-order valence-corrected chi connectivity index (χ2v) is 5.75. The van der Waals surface area contributed by atoms with Gasteiger partial charge in [0.15, 0.2) is 6.61 Å². The van der Waals surface area contributed by atoms with Gasteiger partial charge in [-0.05, 0) is 36.8 Å². The van der Waals surface area contributed by atoms with Gasteiger partial charge >= 0.3 is 5.97 Å². The topological polar surface area (TPSA) is 55.4 Å². The molecule has 0 aromatic heterocycles. The van der Waals surface area contributed by atoms with Crippen molar-refractivity contribution in [3.05, 3.63) is 69.9 Å². The molecule has 0 heterocycles. The number of hydrogen-bond donors (Lipinski definition) is 1. The molecule has 0 saturated carbocycles. The molecule has 6 heteroatoms. The number of nitrogens with one attached hydrogen (secondary N) is 1. The molecule has 0 aliphatic carbocycles. The van der Waals surface area contributed by atoms with Crippen molar-refractivity contribution in [3.63, 3.8) is 0 Å². The SMILES string of the molecule is C[C@H](NC(=O)COC(=O)c1cccc(F)c1)c1ccccc1Br. The summed E-state index contributed by atoms with van der Waals surface area (Å²) in [6, 6.07) is 12.4. The van der Waals surface area contributed by atoms with Crippen LogP contribution < -0.4 is 5.32 Å². The maximum atomic E-state index is 13.0. The average molecular weight is 380 g/mol. The number of halogens is 2. The van der Waals surface area contributed by atoms with Gasteiger partial charge in [0.2, 0.25) is 0 Å². The zero-order valence-electron chi connectivity index (χ0n) is 12.4. The molecular weight excluding hydrogens is 365 g/mol. The fourth-order valence-electron chi connectivity index (χ4n) is 2.02. The van der Waals surface area contributed by atoms with E-state index in [4.69, 9.17) is 4.74 Å². The van der Waals surface area contributed by atoms with E-state index in [-0.39, 0.29) is 11.6 Å². The Kier molecular flexibility index (Phi) is 5.87. The van der Waals surface area contributed by atoms with Gasteiger partial charge in [0.05, 0.1) is 11.6 Å². The van der Waals surface area contributed by atoms with E-state index >= 15 is 0 Å². The fourth-order valence-corrected chi connectivity index (χ4v) is 2.65. The first-order chi connectivity index (χ1) is 11.0. The molecule has 1 N–H and O–H groups in total. The summed E-state index contributed by atoms with van der Waals surface area (Å²) in [5.74, 6) is -1.71. The molecule has 0 spiro atoms. The van der Waals surface area contributed by atoms with Gasteiger partial charge in [-0.1, -0.05) is 40.2 Å². The molecule has 0 saturated heterocycles. The minimum atomic E-state index is -0.742. The molecular formula is C17H15BrFNO3. The summed E-state index contributed by atoms with van der Waals surface area (Å²) in [6.45, 7) is 1.40. The van der Waals surface area contributed by atoms with E-state index in [0.29, 0.717) is 0 Å². The number of amides is 1. The molecule has 0 unspecified atom stereocenters. The Morgan fingerprint density at radius 3 is 2.65 bits per heavy atom. The first-order valence-electron chi connectivity index (χ1n) is 6.94. The Balaban J connectivity index is 1.88. The molecule has 0 radical (unpaired) electrons. The maximum Gasteiger partial charge on any atom is 0.338 e. The zero-order chi connectivity index (χ0) is 16.8. The Morgan fingerprint density at radius 2 is 1.96 bits per heavy atom. The van der Waals surface area contributed by atoms with Gasteiger partial charge in [-0.15, -0.1) is 0 Å². The quantitative estimate of drug-likeness (QED) is 0.807. The third-order valence-corrected chi connectivity index (χ3v) is 3.87. The van der Waals surface area contributed by atoms with Crippen molar-refractivity contribution in [2.24, 2.45) is 0 Å². The molecule has 4 nitrogen and oxygen atoms in total. The van der Waals surface area contributed by atoms with E-state index in [9.17, 15) is 14.0 Å². The molecule has 0 aliphatic rings. The van der Waals surface area contributed by atoms with Crippen LogP contribution >= 0.6 is 15.9 Å². The maximum absolute atomic E-state index is 13.0. The molecule has 2 rings (SSSR count). The van der Waals surface area contributed by atoms with Crippen LogP contribution in [0.4, 0.5) is 4.39 Å². The predicted molar refractivity (Wildman–Crippen MR) is 87.4 cm³/mol. The number of rotatable bonds is 5. The van der Waals surface area contributed by atoms with E-state index in [1.165, 1.54) is 18.2 Å². The molecule has 2 aromatic rings. The Bertz CT molecular complexity index is 720. The van der Waals surface area contributed by atoms with Crippen LogP contribution in [0.2, 0.25) is 0 Å². The molecule has 0 bridgehead atoms. The van der Waals surface area contributed by atoms with E-state index in [0.717, 1.165) is 16.1 Å². The van der Waals surface area contributed by atoms with Crippen molar-refractivity contribution < 1.29 is 18.7 Å². The number of carbonyl (C=O) groups is 2. The van der Waals surface area contributed by atoms with E-state index < -0.39 is 24.3 Å². The van der Waals surface area contributed by atoms with Gasteiger partial charge in [-0.3, -0.25) is 4.79 Å². The van der Waals surface area contributed by atoms with Crippen LogP contribution in [0.5, 0.6) is 0 Å². The summed E-state index contributed by atoms with van der Waals surface area (Å²) >= 11 is 3.41. The fraction of sp³-hybridized carbons (Fsp3) is 0.176. The third kappa shape index (κ3) is 4.89. The van der Waals surface area contributed by atoms with Crippen molar-refractivity contribution in [1.29, 1.82) is 0 Å². The lowest BCUT2D eigenvalue weighted by Gasteiger charge is -2.15. The second-order valence-electron chi connectivity index (χ2n) is 4.90. The Morgan fingerprint density at radius 1 is 1.22 bits per heavy atom. The molecule has 1 atom stereocenters. The van der Waals surface area contributed by atoms with Crippen LogP contribution in [0.3, 0.4) is 0 Å². The summed E-state index contributed by atoms with van der Waals surface area (Å²) in [5.41, 5.74) is 0.981. The van der Waals surface area contributed by atoms with Gasteiger partial charge in [0.25, 0.3) is 5.91 Å². The van der Waals surface area contributed by atoms with Crippen molar-refractivity contribution >= 4 is 27.8 Å².